The van der Waals surface area contributed by atoms with E-state index in [0.717, 1.165) is 29.8 Å². The van der Waals surface area contributed by atoms with Crippen LogP contribution in [0.15, 0.2) is 77.4 Å². The molecule has 0 N–H and O–H groups in total. The minimum atomic E-state index is -0.196. The summed E-state index contributed by atoms with van der Waals surface area (Å²) in [5.41, 5.74) is 2.53. The zero-order valence-corrected chi connectivity index (χ0v) is 21.1. The fraction of sp³-hybridized carbons (Fsp3) is 0.310. The molecule has 1 aliphatic rings. The molecule has 37 heavy (non-hydrogen) atoms. The van der Waals surface area contributed by atoms with Gasteiger partial charge in [0.05, 0.1) is 43.0 Å². The molecule has 3 heterocycles. The van der Waals surface area contributed by atoms with Crippen molar-refractivity contribution in [2.45, 2.75) is 38.8 Å². The third kappa shape index (κ3) is 5.39. The van der Waals surface area contributed by atoms with E-state index in [1.54, 1.807) is 28.8 Å². The lowest BCUT2D eigenvalue weighted by molar-refractivity contribution is 0.0482. The first-order chi connectivity index (χ1) is 18.2. The minimum Gasteiger partial charge on any atom is -0.493 e. The molecule has 1 saturated heterocycles. The van der Waals surface area contributed by atoms with Gasteiger partial charge in [-0.25, -0.2) is 4.68 Å². The number of carbonyl (C=O) groups excluding carboxylic acids is 1. The summed E-state index contributed by atoms with van der Waals surface area (Å²) in [6.07, 6.45) is 4.06. The highest BCUT2D eigenvalue weighted by molar-refractivity contribution is 5.91. The molecule has 0 radical (unpaired) electrons. The second-order valence-electron chi connectivity index (χ2n) is 8.88. The van der Waals surface area contributed by atoms with Crippen LogP contribution in [-0.2, 0) is 17.7 Å². The molecule has 0 bridgehead atoms. The third-order valence-corrected chi connectivity index (χ3v) is 6.45. The normalized spacial score (nSPS) is 15.0. The van der Waals surface area contributed by atoms with E-state index in [9.17, 15) is 4.79 Å². The zero-order valence-electron chi connectivity index (χ0n) is 21.1. The van der Waals surface area contributed by atoms with Gasteiger partial charge in [0.1, 0.15) is 0 Å². The maximum atomic E-state index is 13.5. The number of aromatic nitrogens is 2. The van der Waals surface area contributed by atoms with Crippen molar-refractivity contribution in [1.29, 1.82) is 0 Å². The maximum absolute atomic E-state index is 13.5. The Balaban J connectivity index is 1.58. The second-order valence-corrected chi connectivity index (χ2v) is 8.88. The Hall–Kier alpha value is -4.04. The van der Waals surface area contributed by atoms with E-state index >= 15 is 0 Å². The van der Waals surface area contributed by atoms with Gasteiger partial charge in [0.25, 0.3) is 5.91 Å². The average Bonchev–Trinajstić information content (AvgIpc) is 3.71. The molecule has 0 unspecified atom stereocenters. The molecule has 8 heteroatoms. The quantitative estimate of drug-likeness (QED) is 0.279. The van der Waals surface area contributed by atoms with Crippen molar-refractivity contribution in [2.75, 3.05) is 20.3 Å². The van der Waals surface area contributed by atoms with Crippen LogP contribution in [0.5, 0.6) is 17.4 Å². The SMILES string of the molecule is CCc1nn(-c2ccccc2)c(Oc2ccccc2OC)c1CN(C[C@H]1CCCO1)C(=O)c1ccco1. The van der Waals surface area contributed by atoms with Crippen molar-refractivity contribution in [3.8, 4) is 23.1 Å². The van der Waals surface area contributed by atoms with E-state index < -0.39 is 0 Å². The van der Waals surface area contributed by atoms with E-state index in [1.165, 1.54) is 6.26 Å². The predicted molar refractivity (Wildman–Crippen MR) is 138 cm³/mol. The van der Waals surface area contributed by atoms with Crippen LogP contribution in [0.4, 0.5) is 0 Å². The number of methoxy groups -OCH3 is 1. The number of nitrogens with zero attached hydrogens (tertiary/aromatic N) is 3. The van der Waals surface area contributed by atoms with Gasteiger partial charge in [-0.3, -0.25) is 4.79 Å². The lowest BCUT2D eigenvalue weighted by Gasteiger charge is -2.25. The molecule has 0 spiro atoms. The van der Waals surface area contributed by atoms with Gasteiger partial charge in [-0.05, 0) is 55.7 Å². The summed E-state index contributed by atoms with van der Waals surface area (Å²) in [4.78, 5) is 15.3. The Kier molecular flexibility index (Phi) is 7.56. The highest BCUT2D eigenvalue weighted by atomic mass is 16.5. The fourth-order valence-electron chi connectivity index (χ4n) is 4.58. The number of carbonyl (C=O) groups is 1. The highest BCUT2D eigenvalue weighted by Crippen LogP contribution is 2.36. The van der Waals surface area contributed by atoms with Gasteiger partial charge in [0, 0.05) is 13.2 Å². The summed E-state index contributed by atoms with van der Waals surface area (Å²) >= 11 is 0. The van der Waals surface area contributed by atoms with Crippen LogP contribution in [-0.4, -0.2) is 47.0 Å². The summed E-state index contributed by atoms with van der Waals surface area (Å²) in [7, 11) is 1.61. The molecule has 1 fully saturated rings. The largest absolute Gasteiger partial charge is 0.493 e. The van der Waals surface area contributed by atoms with Crippen molar-refractivity contribution in [3.05, 3.63) is 90.0 Å². The number of ether oxygens (including phenoxy) is 3. The van der Waals surface area contributed by atoms with E-state index in [0.29, 0.717) is 49.3 Å². The lowest BCUT2D eigenvalue weighted by atomic mass is 10.1. The van der Waals surface area contributed by atoms with Crippen molar-refractivity contribution >= 4 is 5.91 Å². The monoisotopic (exact) mass is 501 g/mol. The first kappa shape index (κ1) is 24.6. The third-order valence-electron chi connectivity index (χ3n) is 6.45. The van der Waals surface area contributed by atoms with Gasteiger partial charge in [0.2, 0.25) is 5.88 Å². The Bertz CT molecular complexity index is 1310. The standard InChI is InChI=1S/C29H31N3O5/c1-3-24-23(20-31(19-22-13-9-17-35-22)28(33)27-16-10-18-36-27)29(32(30-24)21-11-5-4-6-12-21)37-26-15-8-7-14-25(26)34-2/h4-8,10-12,14-16,18,22H,3,9,13,17,19-20H2,1-2H3/t22-/m1/s1. The molecule has 8 nitrogen and oxygen atoms in total. The van der Waals surface area contributed by atoms with Crippen LogP contribution in [0.25, 0.3) is 5.69 Å². The van der Waals surface area contributed by atoms with Gasteiger partial charge in [-0.2, -0.15) is 5.10 Å². The molecule has 1 aliphatic heterocycles. The molecular formula is C29H31N3O5. The van der Waals surface area contributed by atoms with Crippen molar-refractivity contribution in [2.24, 2.45) is 0 Å². The molecule has 1 atom stereocenters. The van der Waals surface area contributed by atoms with Crippen LogP contribution in [0.1, 0.15) is 41.6 Å². The number of aryl methyl sites for hydroxylation is 1. The molecule has 0 aliphatic carbocycles. The van der Waals surface area contributed by atoms with Gasteiger partial charge < -0.3 is 23.5 Å². The van der Waals surface area contributed by atoms with Gasteiger partial charge in [0.15, 0.2) is 17.3 Å². The number of benzene rings is 2. The molecular weight excluding hydrogens is 470 g/mol. The number of rotatable bonds is 10. The number of furan rings is 1. The van der Waals surface area contributed by atoms with Crippen molar-refractivity contribution in [1.82, 2.24) is 14.7 Å². The van der Waals surface area contributed by atoms with Crippen LogP contribution < -0.4 is 9.47 Å². The summed E-state index contributed by atoms with van der Waals surface area (Å²) in [5.74, 6) is 1.80. The zero-order chi connectivity index (χ0) is 25.6. The number of para-hydroxylation sites is 3. The van der Waals surface area contributed by atoms with Crippen molar-refractivity contribution in [3.63, 3.8) is 0 Å². The molecule has 4 aromatic rings. The fourth-order valence-corrected chi connectivity index (χ4v) is 4.58. The van der Waals surface area contributed by atoms with Crippen molar-refractivity contribution < 1.29 is 23.4 Å². The minimum absolute atomic E-state index is 0.0215. The Morgan fingerprint density at radius 2 is 1.86 bits per heavy atom. The Morgan fingerprint density at radius 1 is 1.08 bits per heavy atom. The van der Waals surface area contributed by atoms with E-state index in [2.05, 4.69) is 0 Å². The maximum Gasteiger partial charge on any atom is 0.289 e. The van der Waals surface area contributed by atoms with E-state index in [1.807, 2.05) is 61.5 Å². The topological polar surface area (TPSA) is 79.0 Å². The Labute approximate surface area is 216 Å². The second kappa shape index (κ2) is 11.3. The van der Waals surface area contributed by atoms with Crippen LogP contribution in [0.3, 0.4) is 0 Å². The van der Waals surface area contributed by atoms with E-state index in [-0.39, 0.29) is 12.0 Å². The number of amides is 1. The number of hydrogen-bond acceptors (Lipinski definition) is 6. The molecule has 1 amide bonds. The summed E-state index contributed by atoms with van der Waals surface area (Å²) in [6, 6.07) is 20.7. The molecule has 5 rings (SSSR count). The first-order valence-corrected chi connectivity index (χ1v) is 12.6. The lowest BCUT2D eigenvalue weighted by Crippen LogP contribution is -2.37. The summed E-state index contributed by atoms with van der Waals surface area (Å²) in [5, 5.41) is 4.92. The summed E-state index contributed by atoms with van der Waals surface area (Å²) in [6.45, 7) is 3.50. The summed E-state index contributed by atoms with van der Waals surface area (Å²) < 4.78 is 25.2. The Morgan fingerprint density at radius 3 is 2.54 bits per heavy atom. The van der Waals surface area contributed by atoms with Crippen LogP contribution in [0.2, 0.25) is 0 Å². The molecule has 2 aromatic heterocycles. The van der Waals surface area contributed by atoms with Gasteiger partial charge in [-0.15, -0.1) is 0 Å². The van der Waals surface area contributed by atoms with Gasteiger partial charge in [-0.1, -0.05) is 37.3 Å². The average molecular weight is 502 g/mol. The smallest absolute Gasteiger partial charge is 0.289 e. The van der Waals surface area contributed by atoms with Gasteiger partial charge >= 0.3 is 0 Å². The van der Waals surface area contributed by atoms with Crippen LogP contribution in [0, 0.1) is 0 Å². The molecule has 192 valence electrons. The predicted octanol–water partition coefficient (Wildman–Crippen LogP) is 5.65. The van der Waals surface area contributed by atoms with Crippen LogP contribution >= 0.6 is 0 Å². The number of hydrogen-bond donors (Lipinski definition) is 0. The first-order valence-electron chi connectivity index (χ1n) is 12.6. The highest BCUT2D eigenvalue weighted by Gasteiger charge is 2.29. The van der Waals surface area contributed by atoms with E-state index in [4.69, 9.17) is 23.7 Å². The molecule has 0 saturated carbocycles. The molecule has 2 aromatic carbocycles.